The first-order chi connectivity index (χ1) is 10.1. The van der Waals surface area contributed by atoms with Gasteiger partial charge in [0, 0.05) is 25.1 Å². The molecule has 3 heteroatoms. The van der Waals surface area contributed by atoms with Crippen LogP contribution in [0, 0.1) is 16.7 Å². The van der Waals surface area contributed by atoms with Crippen molar-refractivity contribution in [2.45, 2.75) is 79.2 Å². The summed E-state index contributed by atoms with van der Waals surface area (Å²) in [5, 5.41) is 10.1. The zero-order chi connectivity index (χ0) is 16.5. The Labute approximate surface area is 134 Å². The SMILES string of the molecule is CC1(C)CC(=O)C(C=NC2CCC(C(C)(C)C)CC2)=C(O)C1. The summed E-state index contributed by atoms with van der Waals surface area (Å²) in [6, 6.07) is 0.307. The molecule has 0 atom stereocenters. The number of carbonyl (C=O) groups is 1. The molecule has 0 heterocycles. The predicted octanol–water partition coefficient (Wildman–Crippen LogP) is 4.86. The van der Waals surface area contributed by atoms with Crippen molar-refractivity contribution in [3.05, 3.63) is 11.3 Å². The monoisotopic (exact) mass is 305 g/mol. The van der Waals surface area contributed by atoms with Gasteiger partial charge >= 0.3 is 0 Å². The number of rotatable bonds is 2. The Hall–Kier alpha value is -1.12. The van der Waals surface area contributed by atoms with Crippen molar-refractivity contribution in [2.75, 3.05) is 0 Å². The second-order valence-corrected chi connectivity index (χ2v) is 8.95. The van der Waals surface area contributed by atoms with Crippen LogP contribution in [0.4, 0.5) is 0 Å². The molecule has 0 spiro atoms. The standard InChI is InChI=1S/C19H31NO2/c1-18(2,3)13-6-8-14(9-7-13)20-12-15-16(21)10-19(4,5)11-17(15)22/h12-14,21H,6-11H2,1-5H3. The van der Waals surface area contributed by atoms with E-state index >= 15 is 0 Å². The van der Waals surface area contributed by atoms with E-state index in [1.54, 1.807) is 6.21 Å². The van der Waals surface area contributed by atoms with Gasteiger partial charge in [-0.2, -0.15) is 0 Å². The van der Waals surface area contributed by atoms with Crippen molar-refractivity contribution in [3.8, 4) is 0 Å². The molecule has 2 aliphatic carbocycles. The molecule has 0 aromatic carbocycles. The fourth-order valence-corrected chi connectivity index (χ4v) is 3.72. The number of aliphatic hydroxyl groups is 1. The van der Waals surface area contributed by atoms with Crippen LogP contribution in [0.1, 0.15) is 73.1 Å². The molecule has 2 aliphatic rings. The van der Waals surface area contributed by atoms with Gasteiger partial charge in [-0.1, -0.05) is 34.6 Å². The third-order valence-electron chi connectivity index (χ3n) is 5.23. The third-order valence-corrected chi connectivity index (χ3v) is 5.23. The highest BCUT2D eigenvalue weighted by Crippen LogP contribution is 2.39. The number of aliphatic hydroxyl groups excluding tert-OH is 1. The third kappa shape index (κ3) is 4.21. The summed E-state index contributed by atoms with van der Waals surface area (Å²) in [4.78, 5) is 16.8. The maximum absolute atomic E-state index is 12.2. The van der Waals surface area contributed by atoms with Crippen LogP contribution in [0.2, 0.25) is 0 Å². The highest BCUT2D eigenvalue weighted by Gasteiger charge is 2.33. The van der Waals surface area contributed by atoms with E-state index < -0.39 is 0 Å². The molecule has 0 bridgehead atoms. The number of ketones is 1. The van der Waals surface area contributed by atoms with E-state index in [1.165, 1.54) is 12.8 Å². The van der Waals surface area contributed by atoms with Gasteiger partial charge in [-0.25, -0.2) is 0 Å². The van der Waals surface area contributed by atoms with Crippen LogP contribution in [-0.2, 0) is 4.79 Å². The maximum atomic E-state index is 12.2. The molecule has 1 N–H and O–H groups in total. The molecule has 0 aromatic rings. The van der Waals surface area contributed by atoms with Gasteiger partial charge in [0.2, 0.25) is 0 Å². The van der Waals surface area contributed by atoms with Crippen molar-refractivity contribution in [1.29, 1.82) is 0 Å². The van der Waals surface area contributed by atoms with Crippen LogP contribution >= 0.6 is 0 Å². The average molecular weight is 305 g/mol. The van der Waals surface area contributed by atoms with Crippen LogP contribution in [0.15, 0.2) is 16.3 Å². The van der Waals surface area contributed by atoms with Gasteiger partial charge in [0.05, 0.1) is 5.57 Å². The molecule has 3 nitrogen and oxygen atoms in total. The smallest absolute Gasteiger partial charge is 0.168 e. The summed E-state index contributed by atoms with van der Waals surface area (Å²) in [6.07, 6.45) is 7.30. The minimum Gasteiger partial charge on any atom is -0.511 e. The summed E-state index contributed by atoms with van der Waals surface area (Å²) in [5.74, 6) is 1.01. The van der Waals surface area contributed by atoms with Crippen molar-refractivity contribution in [3.63, 3.8) is 0 Å². The molecular formula is C19H31NO2. The average Bonchev–Trinajstić information content (AvgIpc) is 2.35. The molecule has 0 saturated heterocycles. The lowest BCUT2D eigenvalue weighted by atomic mass is 9.71. The number of aliphatic imine (C=N–C) groups is 1. The van der Waals surface area contributed by atoms with E-state index in [9.17, 15) is 9.90 Å². The topological polar surface area (TPSA) is 49.7 Å². The Morgan fingerprint density at radius 2 is 1.73 bits per heavy atom. The molecule has 0 aromatic heterocycles. The molecule has 0 unspecified atom stereocenters. The van der Waals surface area contributed by atoms with Gasteiger partial charge in [0.25, 0.3) is 0 Å². The van der Waals surface area contributed by atoms with Crippen molar-refractivity contribution >= 4 is 12.0 Å². The van der Waals surface area contributed by atoms with Gasteiger partial charge < -0.3 is 5.11 Å². The molecule has 1 saturated carbocycles. The lowest BCUT2D eigenvalue weighted by molar-refractivity contribution is -0.117. The molecule has 22 heavy (non-hydrogen) atoms. The van der Waals surface area contributed by atoms with E-state index in [0.29, 0.717) is 29.9 Å². The highest BCUT2D eigenvalue weighted by atomic mass is 16.3. The zero-order valence-electron chi connectivity index (χ0n) is 14.8. The lowest BCUT2D eigenvalue weighted by Gasteiger charge is -2.36. The summed E-state index contributed by atoms with van der Waals surface area (Å²) < 4.78 is 0. The van der Waals surface area contributed by atoms with E-state index in [0.717, 1.165) is 18.8 Å². The van der Waals surface area contributed by atoms with Crippen LogP contribution < -0.4 is 0 Å². The Morgan fingerprint density at radius 3 is 2.23 bits per heavy atom. The van der Waals surface area contributed by atoms with E-state index in [1.807, 2.05) is 13.8 Å². The molecule has 0 amide bonds. The number of nitrogens with zero attached hydrogens (tertiary/aromatic N) is 1. The van der Waals surface area contributed by atoms with E-state index in [-0.39, 0.29) is 17.0 Å². The number of carbonyl (C=O) groups excluding carboxylic acids is 1. The number of Topliss-reactive ketones (excluding diaryl/α,β-unsaturated/α-hetero) is 1. The minimum atomic E-state index is -0.136. The Bertz CT molecular complexity index is 486. The van der Waals surface area contributed by atoms with Gasteiger partial charge in [-0.3, -0.25) is 9.79 Å². The highest BCUT2D eigenvalue weighted by molar-refractivity contribution is 6.14. The first kappa shape index (κ1) is 17.2. The molecule has 1 fully saturated rings. The van der Waals surface area contributed by atoms with Crippen LogP contribution in [-0.4, -0.2) is 23.1 Å². The van der Waals surface area contributed by atoms with Crippen molar-refractivity contribution in [2.24, 2.45) is 21.7 Å². The summed E-state index contributed by atoms with van der Waals surface area (Å²) in [5.41, 5.74) is 0.682. The zero-order valence-corrected chi connectivity index (χ0v) is 14.8. The Morgan fingerprint density at radius 1 is 1.14 bits per heavy atom. The van der Waals surface area contributed by atoms with Gasteiger partial charge in [-0.05, 0) is 42.4 Å². The van der Waals surface area contributed by atoms with Crippen molar-refractivity contribution < 1.29 is 9.90 Å². The van der Waals surface area contributed by atoms with E-state index in [4.69, 9.17) is 0 Å². The Kier molecular flexibility index (Phi) is 4.84. The predicted molar refractivity (Wildman–Crippen MR) is 91.4 cm³/mol. The number of allylic oxidation sites excluding steroid dienone is 2. The fourth-order valence-electron chi connectivity index (χ4n) is 3.72. The second kappa shape index (κ2) is 6.17. The second-order valence-electron chi connectivity index (χ2n) is 8.95. The normalized spacial score (nSPS) is 30.1. The lowest BCUT2D eigenvalue weighted by Crippen LogP contribution is -2.28. The number of hydrogen-bond acceptors (Lipinski definition) is 3. The van der Waals surface area contributed by atoms with Gasteiger partial charge in [0.1, 0.15) is 5.76 Å². The van der Waals surface area contributed by atoms with Crippen LogP contribution in [0.5, 0.6) is 0 Å². The molecule has 2 rings (SSSR count). The van der Waals surface area contributed by atoms with Crippen molar-refractivity contribution in [1.82, 2.24) is 0 Å². The van der Waals surface area contributed by atoms with E-state index in [2.05, 4.69) is 25.8 Å². The molecular weight excluding hydrogens is 274 g/mol. The molecule has 0 aliphatic heterocycles. The Balaban J connectivity index is 1.97. The molecule has 0 radical (unpaired) electrons. The fraction of sp³-hybridized carbons (Fsp3) is 0.789. The molecule has 124 valence electrons. The first-order valence-corrected chi connectivity index (χ1v) is 8.57. The number of hydrogen-bond donors (Lipinski definition) is 1. The van der Waals surface area contributed by atoms with Crippen LogP contribution in [0.25, 0.3) is 0 Å². The van der Waals surface area contributed by atoms with Gasteiger partial charge in [-0.15, -0.1) is 0 Å². The summed E-state index contributed by atoms with van der Waals surface area (Å²) >= 11 is 0. The summed E-state index contributed by atoms with van der Waals surface area (Å²) in [6.45, 7) is 11.0. The maximum Gasteiger partial charge on any atom is 0.168 e. The quantitative estimate of drug-likeness (QED) is 0.740. The largest absolute Gasteiger partial charge is 0.511 e. The first-order valence-electron chi connectivity index (χ1n) is 8.57. The minimum absolute atomic E-state index is 0.0286. The van der Waals surface area contributed by atoms with Crippen LogP contribution in [0.3, 0.4) is 0 Å². The van der Waals surface area contributed by atoms with Gasteiger partial charge in [0.15, 0.2) is 5.78 Å². The summed E-state index contributed by atoms with van der Waals surface area (Å²) in [7, 11) is 0.